The van der Waals surface area contributed by atoms with Gasteiger partial charge in [-0.25, -0.2) is 0 Å². The molecule has 0 bridgehead atoms. The Kier molecular flexibility index (Phi) is 2.73. The van der Waals surface area contributed by atoms with Gasteiger partial charge in [0.25, 0.3) is 0 Å². The maximum Gasteiger partial charge on any atom is 0.0477 e. The van der Waals surface area contributed by atoms with E-state index in [2.05, 4.69) is 78.5 Å². The van der Waals surface area contributed by atoms with Gasteiger partial charge >= 0.3 is 0 Å². The Hall–Kier alpha value is -2.28. The van der Waals surface area contributed by atoms with Gasteiger partial charge in [0.05, 0.1) is 0 Å². The highest BCUT2D eigenvalue weighted by atomic mass is 14.9. The maximum absolute atomic E-state index is 2.18. The van der Waals surface area contributed by atoms with Crippen LogP contribution in [0, 0.1) is 0 Å². The molecule has 0 aliphatic rings. The molecule has 0 saturated heterocycles. The van der Waals surface area contributed by atoms with Gasteiger partial charge in [0.15, 0.2) is 0 Å². The number of rotatable bonds is 2. The van der Waals surface area contributed by atoms with Crippen molar-refractivity contribution in [2.24, 2.45) is 7.05 Å². The summed E-state index contributed by atoms with van der Waals surface area (Å²) >= 11 is 0. The predicted octanol–water partition coefficient (Wildman–Crippen LogP) is 4.36. The van der Waals surface area contributed by atoms with E-state index in [1.807, 2.05) is 6.07 Å². The van der Waals surface area contributed by atoms with Crippen molar-refractivity contribution in [2.75, 3.05) is 0 Å². The number of hydrogen-bond donors (Lipinski definition) is 0. The Bertz CT molecular complexity index is 633. The molecule has 3 rings (SSSR count). The average Bonchev–Trinajstić information content (AvgIpc) is 2.86. The lowest BCUT2D eigenvalue weighted by atomic mass is 10.0. The van der Waals surface area contributed by atoms with Crippen LogP contribution in [0.5, 0.6) is 0 Å². The third-order valence-electron chi connectivity index (χ3n) is 3.23. The number of aryl methyl sites for hydroxylation is 1. The Morgan fingerprint density at radius 3 is 1.83 bits per heavy atom. The van der Waals surface area contributed by atoms with E-state index in [-0.39, 0.29) is 0 Å². The number of benzene rings is 2. The largest absolute Gasteiger partial charge is 0.351 e. The van der Waals surface area contributed by atoms with Crippen LogP contribution in [0.4, 0.5) is 0 Å². The molecule has 1 heterocycles. The summed E-state index contributed by atoms with van der Waals surface area (Å²) in [6.07, 6.45) is 2.07. The Morgan fingerprint density at radius 1 is 0.611 bits per heavy atom. The smallest absolute Gasteiger partial charge is 0.0477 e. The van der Waals surface area contributed by atoms with Crippen LogP contribution in [0.3, 0.4) is 0 Å². The van der Waals surface area contributed by atoms with Gasteiger partial charge in [-0.3, -0.25) is 0 Å². The molecule has 0 saturated carbocycles. The average molecular weight is 233 g/mol. The molecule has 0 aliphatic carbocycles. The van der Waals surface area contributed by atoms with E-state index in [9.17, 15) is 0 Å². The lowest BCUT2D eigenvalue weighted by Crippen LogP contribution is -1.88. The monoisotopic (exact) mass is 233 g/mol. The standard InChI is InChI=1S/C17H15N/c1-18-13-5-8-17(18)16-11-9-15(10-12-16)14-6-3-2-4-7-14/h2-13H,1H3. The number of hydrogen-bond acceptors (Lipinski definition) is 0. The Balaban J connectivity index is 1.97. The van der Waals surface area contributed by atoms with Crippen LogP contribution in [0.1, 0.15) is 0 Å². The molecule has 0 unspecified atom stereocenters. The topological polar surface area (TPSA) is 4.93 Å². The molecule has 1 aromatic heterocycles. The molecule has 0 fully saturated rings. The zero-order valence-corrected chi connectivity index (χ0v) is 10.4. The van der Waals surface area contributed by atoms with E-state index in [0.717, 1.165) is 0 Å². The van der Waals surface area contributed by atoms with Crippen molar-refractivity contribution in [1.29, 1.82) is 0 Å². The summed E-state index contributed by atoms with van der Waals surface area (Å²) in [5.41, 5.74) is 5.02. The van der Waals surface area contributed by atoms with E-state index in [1.165, 1.54) is 22.4 Å². The molecular weight excluding hydrogens is 218 g/mol. The second-order valence-corrected chi connectivity index (χ2v) is 4.45. The van der Waals surface area contributed by atoms with E-state index >= 15 is 0 Å². The minimum atomic E-state index is 1.25. The van der Waals surface area contributed by atoms with E-state index in [1.54, 1.807) is 0 Å². The van der Waals surface area contributed by atoms with Crippen molar-refractivity contribution < 1.29 is 0 Å². The molecule has 0 atom stereocenters. The maximum atomic E-state index is 2.18. The van der Waals surface area contributed by atoms with Crippen molar-refractivity contribution in [3.05, 3.63) is 72.9 Å². The summed E-state index contributed by atoms with van der Waals surface area (Å²) in [5, 5.41) is 0. The fraction of sp³-hybridized carbons (Fsp3) is 0.0588. The third-order valence-corrected chi connectivity index (χ3v) is 3.23. The van der Waals surface area contributed by atoms with Gasteiger partial charge in [-0.05, 0) is 28.8 Å². The van der Waals surface area contributed by atoms with Crippen LogP contribution in [-0.4, -0.2) is 4.57 Å². The Morgan fingerprint density at radius 2 is 1.22 bits per heavy atom. The first-order valence-corrected chi connectivity index (χ1v) is 6.12. The molecule has 0 spiro atoms. The molecule has 18 heavy (non-hydrogen) atoms. The van der Waals surface area contributed by atoms with Gasteiger partial charge in [-0.15, -0.1) is 0 Å². The molecule has 0 radical (unpaired) electrons. The van der Waals surface area contributed by atoms with Crippen LogP contribution < -0.4 is 0 Å². The zero-order valence-electron chi connectivity index (χ0n) is 10.4. The molecule has 0 aliphatic heterocycles. The van der Waals surface area contributed by atoms with Gasteiger partial charge in [-0.2, -0.15) is 0 Å². The fourth-order valence-corrected chi connectivity index (χ4v) is 2.23. The minimum Gasteiger partial charge on any atom is -0.351 e. The second kappa shape index (κ2) is 4.53. The van der Waals surface area contributed by atoms with E-state index in [0.29, 0.717) is 0 Å². The molecule has 1 nitrogen and oxygen atoms in total. The summed E-state index contributed by atoms with van der Waals surface area (Å²) < 4.78 is 2.14. The van der Waals surface area contributed by atoms with Crippen LogP contribution in [0.15, 0.2) is 72.9 Å². The third kappa shape index (κ3) is 1.95. The molecule has 3 aromatic rings. The van der Waals surface area contributed by atoms with E-state index in [4.69, 9.17) is 0 Å². The quantitative estimate of drug-likeness (QED) is 0.619. The van der Waals surface area contributed by atoms with Crippen molar-refractivity contribution in [2.45, 2.75) is 0 Å². The van der Waals surface area contributed by atoms with Crippen LogP contribution in [-0.2, 0) is 7.05 Å². The summed E-state index contributed by atoms with van der Waals surface area (Å²) in [5.74, 6) is 0. The van der Waals surface area contributed by atoms with Gasteiger partial charge in [0.2, 0.25) is 0 Å². The summed E-state index contributed by atoms with van der Waals surface area (Å²) in [7, 11) is 2.07. The highest BCUT2D eigenvalue weighted by Gasteiger charge is 2.01. The number of aromatic nitrogens is 1. The summed E-state index contributed by atoms with van der Waals surface area (Å²) in [6, 6.07) is 23.4. The van der Waals surface area contributed by atoms with Crippen LogP contribution >= 0.6 is 0 Å². The van der Waals surface area contributed by atoms with Crippen molar-refractivity contribution in [3.63, 3.8) is 0 Å². The zero-order chi connectivity index (χ0) is 12.4. The van der Waals surface area contributed by atoms with Crippen molar-refractivity contribution in [1.82, 2.24) is 4.57 Å². The molecule has 0 amide bonds. The molecular formula is C17H15N. The molecule has 88 valence electrons. The van der Waals surface area contributed by atoms with Crippen LogP contribution in [0.2, 0.25) is 0 Å². The molecule has 0 N–H and O–H groups in total. The minimum absolute atomic E-state index is 1.25. The SMILES string of the molecule is Cn1cccc1-c1ccc(-c2ccccc2)cc1. The molecule has 2 aromatic carbocycles. The highest BCUT2D eigenvalue weighted by molar-refractivity contribution is 5.69. The van der Waals surface area contributed by atoms with Crippen molar-refractivity contribution >= 4 is 0 Å². The van der Waals surface area contributed by atoms with E-state index < -0.39 is 0 Å². The fourth-order valence-electron chi connectivity index (χ4n) is 2.23. The Labute approximate surface area is 107 Å². The molecule has 1 heteroatoms. The summed E-state index contributed by atoms with van der Waals surface area (Å²) in [4.78, 5) is 0. The lowest BCUT2D eigenvalue weighted by molar-refractivity contribution is 0.937. The summed E-state index contributed by atoms with van der Waals surface area (Å²) in [6.45, 7) is 0. The lowest BCUT2D eigenvalue weighted by Gasteiger charge is -2.06. The predicted molar refractivity (Wildman–Crippen MR) is 76.3 cm³/mol. The first-order valence-electron chi connectivity index (χ1n) is 6.12. The van der Waals surface area contributed by atoms with Gasteiger partial charge in [0.1, 0.15) is 0 Å². The normalized spacial score (nSPS) is 10.5. The van der Waals surface area contributed by atoms with Gasteiger partial charge < -0.3 is 4.57 Å². The van der Waals surface area contributed by atoms with Crippen molar-refractivity contribution in [3.8, 4) is 22.4 Å². The highest BCUT2D eigenvalue weighted by Crippen LogP contribution is 2.24. The second-order valence-electron chi connectivity index (χ2n) is 4.45. The number of nitrogens with zero attached hydrogens (tertiary/aromatic N) is 1. The first-order chi connectivity index (χ1) is 8.84. The van der Waals surface area contributed by atoms with Crippen LogP contribution in [0.25, 0.3) is 22.4 Å². The van der Waals surface area contributed by atoms with Gasteiger partial charge in [-0.1, -0.05) is 54.6 Å². The first kappa shape index (κ1) is 10.8. The van der Waals surface area contributed by atoms with Gasteiger partial charge in [0, 0.05) is 18.9 Å².